The van der Waals surface area contributed by atoms with Crippen LogP contribution in [0.2, 0.25) is 0 Å². The molecule has 3 N–H and O–H groups in total. The summed E-state index contributed by atoms with van der Waals surface area (Å²) in [5.74, 6) is -0.590. The molecule has 0 aliphatic heterocycles. The third-order valence-electron chi connectivity index (χ3n) is 2.00. The van der Waals surface area contributed by atoms with E-state index >= 15 is 0 Å². The fourth-order valence-corrected chi connectivity index (χ4v) is 1.42. The van der Waals surface area contributed by atoms with Crippen molar-refractivity contribution in [2.45, 2.75) is 0 Å². The van der Waals surface area contributed by atoms with E-state index in [9.17, 15) is 14.2 Å². The van der Waals surface area contributed by atoms with Crippen LogP contribution in [0.4, 0.5) is 10.5 Å². The standard InChI is InChI=1S/C10H12NO7P/c1-17-10(13)11-8-4-2-7(3-5-8)9(12)6-18-19(14,15)16/h2-5H,6H2,1H3,(H,11,13)(H2,14,15,16). The van der Waals surface area contributed by atoms with E-state index in [0.717, 1.165) is 0 Å². The van der Waals surface area contributed by atoms with Crippen molar-refractivity contribution in [2.24, 2.45) is 0 Å². The molecule has 9 heteroatoms. The van der Waals surface area contributed by atoms with Gasteiger partial charge in [0.05, 0.1) is 7.11 Å². The van der Waals surface area contributed by atoms with Gasteiger partial charge in [-0.25, -0.2) is 9.36 Å². The normalized spacial score (nSPS) is 10.9. The smallest absolute Gasteiger partial charge is 0.453 e. The number of phosphoric acid groups is 1. The average molecular weight is 289 g/mol. The molecule has 0 spiro atoms. The molecule has 1 amide bonds. The van der Waals surface area contributed by atoms with Crippen LogP contribution in [0.25, 0.3) is 0 Å². The Bertz CT molecular complexity index is 507. The van der Waals surface area contributed by atoms with Crippen LogP contribution in [0.1, 0.15) is 10.4 Å². The molecular weight excluding hydrogens is 277 g/mol. The minimum absolute atomic E-state index is 0.198. The largest absolute Gasteiger partial charge is 0.470 e. The maximum Gasteiger partial charge on any atom is 0.470 e. The van der Waals surface area contributed by atoms with Gasteiger partial charge in [0.1, 0.15) is 6.61 Å². The van der Waals surface area contributed by atoms with Gasteiger partial charge in [-0.1, -0.05) is 0 Å². The lowest BCUT2D eigenvalue weighted by Crippen LogP contribution is -2.11. The van der Waals surface area contributed by atoms with Gasteiger partial charge in [0.15, 0.2) is 5.78 Å². The Morgan fingerprint density at radius 2 is 1.84 bits per heavy atom. The molecule has 8 nitrogen and oxygen atoms in total. The molecule has 1 aromatic rings. The van der Waals surface area contributed by atoms with Gasteiger partial charge < -0.3 is 14.5 Å². The molecule has 0 unspecified atom stereocenters. The Morgan fingerprint density at radius 3 is 2.32 bits per heavy atom. The highest BCUT2D eigenvalue weighted by atomic mass is 31.2. The predicted octanol–water partition coefficient (Wildman–Crippen LogP) is 1.16. The van der Waals surface area contributed by atoms with Crippen LogP contribution in [0, 0.1) is 0 Å². The second kappa shape index (κ2) is 6.44. The molecule has 1 rings (SSSR count). The van der Waals surface area contributed by atoms with Crippen molar-refractivity contribution in [1.82, 2.24) is 0 Å². The van der Waals surface area contributed by atoms with Gasteiger partial charge >= 0.3 is 13.9 Å². The molecule has 0 saturated heterocycles. The Morgan fingerprint density at radius 1 is 1.26 bits per heavy atom. The summed E-state index contributed by atoms with van der Waals surface area (Å²) in [7, 11) is -3.45. The molecule has 0 aliphatic rings. The highest BCUT2D eigenvalue weighted by molar-refractivity contribution is 7.46. The Kier molecular flexibility index (Phi) is 5.20. The number of hydrogen-bond donors (Lipinski definition) is 3. The number of rotatable bonds is 5. The number of carbonyl (C=O) groups is 2. The maximum atomic E-state index is 11.5. The zero-order valence-corrected chi connectivity index (χ0v) is 10.8. The molecule has 0 aliphatic carbocycles. The van der Waals surface area contributed by atoms with Crippen LogP contribution in [0.5, 0.6) is 0 Å². The molecule has 104 valence electrons. The number of methoxy groups -OCH3 is 1. The molecule has 0 heterocycles. The van der Waals surface area contributed by atoms with Crippen LogP contribution in [0.15, 0.2) is 24.3 Å². The first kappa shape index (κ1) is 15.3. The molecule has 0 aromatic heterocycles. The van der Waals surface area contributed by atoms with Gasteiger partial charge in [-0.15, -0.1) is 0 Å². The maximum absolute atomic E-state index is 11.5. The van der Waals surface area contributed by atoms with Crippen molar-refractivity contribution in [3.63, 3.8) is 0 Å². The topological polar surface area (TPSA) is 122 Å². The number of hydrogen-bond acceptors (Lipinski definition) is 5. The minimum Gasteiger partial charge on any atom is -0.453 e. The van der Waals surface area contributed by atoms with Crippen LogP contribution < -0.4 is 5.32 Å². The number of amides is 1. The minimum atomic E-state index is -4.67. The molecule has 0 fully saturated rings. The third-order valence-corrected chi connectivity index (χ3v) is 2.47. The van der Waals surface area contributed by atoms with Crippen LogP contribution >= 0.6 is 7.82 Å². The van der Waals surface area contributed by atoms with E-state index in [0.29, 0.717) is 5.69 Å². The lowest BCUT2D eigenvalue weighted by molar-refractivity contribution is 0.0884. The monoisotopic (exact) mass is 289 g/mol. The van der Waals surface area contributed by atoms with E-state index in [1.165, 1.54) is 31.4 Å². The van der Waals surface area contributed by atoms with Gasteiger partial charge in [0.2, 0.25) is 0 Å². The highest BCUT2D eigenvalue weighted by Gasteiger charge is 2.17. The number of nitrogens with one attached hydrogen (secondary N) is 1. The van der Waals surface area contributed by atoms with Gasteiger partial charge in [-0.05, 0) is 24.3 Å². The molecule has 1 aromatic carbocycles. The Labute approximate surface area is 108 Å². The summed E-state index contributed by atoms with van der Waals surface area (Å²) in [5, 5.41) is 2.39. The fourth-order valence-electron chi connectivity index (χ4n) is 1.13. The zero-order valence-electron chi connectivity index (χ0n) is 9.90. The number of carbonyl (C=O) groups excluding carboxylic acids is 2. The van der Waals surface area contributed by atoms with E-state index in [2.05, 4.69) is 14.6 Å². The van der Waals surface area contributed by atoms with Crippen molar-refractivity contribution >= 4 is 25.4 Å². The number of ketones is 1. The predicted molar refractivity (Wildman–Crippen MR) is 64.8 cm³/mol. The van der Waals surface area contributed by atoms with Crippen molar-refractivity contribution in [2.75, 3.05) is 19.0 Å². The van der Waals surface area contributed by atoms with Crippen molar-refractivity contribution in [1.29, 1.82) is 0 Å². The number of Topliss-reactive ketones (excluding diaryl/α,β-unsaturated/α-hetero) is 1. The van der Waals surface area contributed by atoms with Crippen LogP contribution in [-0.2, 0) is 13.8 Å². The summed E-state index contributed by atoms with van der Waals surface area (Å²) < 4.78 is 18.9. The summed E-state index contributed by atoms with van der Waals surface area (Å²) in [4.78, 5) is 39.3. The van der Waals surface area contributed by atoms with E-state index in [1.807, 2.05) is 0 Å². The van der Waals surface area contributed by atoms with Crippen molar-refractivity contribution in [3.8, 4) is 0 Å². The summed E-state index contributed by atoms with van der Waals surface area (Å²) in [6.07, 6.45) is -0.649. The summed E-state index contributed by atoms with van der Waals surface area (Å²) in [6, 6.07) is 5.66. The van der Waals surface area contributed by atoms with Crippen molar-refractivity contribution < 1.29 is 33.2 Å². The number of phosphoric ester groups is 1. The van der Waals surface area contributed by atoms with Crippen molar-refractivity contribution in [3.05, 3.63) is 29.8 Å². The van der Waals surface area contributed by atoms with Crippen LogP contribution in [0.3, 0.4) is 0 Å². The molecule has 0 bridgehead atoms. The molecular formula is C10H12NO7P. The Hall–Kier alpha value is -1.73. The lowest BCUT2D eigenvalue weighted by atomic mass is 10.1. The Balaban J connectivity index is 2.63. The van der Waals surface area contributed by atoms with E-state index in [4.69, 9.17) is 9.79 Å². The summed E-state index contributed by atoms with van der Waals surface area (Å²) in [5.41, 5.74) is 0.614. The van der Waals surface area contributed by atoms with Gasteiger partial charge in [-0.3, -0.25) is 14.6 Å². The lowest BCUT2D eigenvalue weighted by Gasteiger charge is -2.06. The van der Waals surface area contributed by atoms with Gasteiger partial charge in [0.25, 0.3) is 0 Å². The first-order valence-electron chi connectivity index (χ1n) is 5.00. The van der Waals surface area contributed by atoms with E-state index in [-0.39, 0.29) is 5.56 Å². The molecule has 19 heavy (non-hydrogen) atoms. The highest BCUT2D eigenvalue weighted by Crippen LogP contribution is 2.35. The zero-order chi connectivity index (χ0) is 14.5. The number of benzene rings is 1. The number of ether oxygens (including phenoxy) is 1. The molecule has 0 saturated carbocycles. The quantitative estimate of drug-likeness (QED) is 0.549. The SMILES string of the molecule is COC(=O)Nc1ccc(C(=O)COP(=O)(O)O)cc1. The molecule has 0 radical (unpaired) electrons. The summed E-state index contributed by atoms with van der Waals surface area (Å²) in [6.45, 7) is -0.728. The first-order valence-corrected chi connectivity index (χ1v) is 6.53. The number of anilines is 1. The summed E-state index contributed by atoms with van der Waals surface area (Å²) >= 11 is 0. The van der Waals surface area contributed by atoms with Gasteiger partial charge in [-0.2, -0.15) is 0 Å². The fraction of sp³-hybridized carbons (Fsp3) is 0.200. The average Bonchev–Trinajstić information content (AvgIpc) is 2.36. The third kappa shape index (κ3) is 5.62. The second-order valence-electron chi connectivity index (χ2n) is 3.38. The second-order valence-corrected chi connectivity index (χ2v) is 4.62. The molecule has 0 atom stereocenters. The van der Waals surface area contributed by atoms with Crippen LogP contribution in [-0.4, -0.2) is 35.4 Å². The first-order chi connectivity index (χ1) is 8.81. The van der Waals surface area contributed by atoms with Gasteiger partial charge in [0, 0.05) is 11.3 Å². The van der Waals surface area contributed by atoms with E-state index < -0.39 is 26.3 Å². The van der Waals surface area contributed by atoms with E-state index in [1.54, 1.807) is 0 Å².